The molecule has 0 radical (unpaired) electrons. The van der Waals surface area contributed by atoms with Gasteiger partial charge in [-0.15, -0.1) is 0 Å². The summed E-state index contributed by atoms with van der Waals surface area (Å²) in [7, 11) is 1.24. The highest BCUT2D eigenvalue weighted by molar-refractivity contribution is 6.03. The lowest BCUT2D eigenvalue weighted by Gasteiger charge is -2.40. The fourth-order valence-electron chi connectivity index (χ4n) is 3.54. The molecule has 0 aromatic heterocycles. The van der Waals surface area contributed by atoms with E-state index in [1.165, 1.54) is 41.2 Å². The Balaban J connectivity index is 2.10. The maximum absolute atomic E-state index is 13.5. The van der Waals surface area contributed by atoms with E-state index < -0.39 is 28.7 Å². The highest BCUT2D eigenvalue weighted by atomic mass is 16.6. The molecular weight excluding hydrogens is 414 g/mol. The van der Waals surface area contributed by atoms with E-state index in [4.69, 9.17) is 4.74 Å². The van der Waals surface area contributed by atoms with E-state index in [2.05, 4.69) is 0 Å². The minimum atomic E-state index is -0.866. The van der Waals surface area contributed by atoms with Crippen LogP contribution < -0.4 is 0 Å². The van der Waals surface area contributed by atoms with Crippen molar-refractivity contribution in [2.75, 3.05) is 13.7 Å². The number of amides is 2. The van der Waals surface area contributed by atoms with Crippen LogP contribution in [0.1, 0.15) is 29.8 Å². The largest absolute Gasteiger partial charge is 0.468 e. The maximum atomic E-state index is 13.5. The van der Waals surface area contributed by atoms with Gasteiger partial charge in [0.05, 0.1) is 17.7 Å². The summed E-state index contributed by atoms with van der Waals surface area (Å²) >= 11 is 0. The predicted octanol–water partition coefficient (Wildman–Crippen LogP) is 3.08. The number of hydrogen-bond donors (Lipinski definition) is 0. The van der Waals surface area contributed by atoms with E-state index in [0.29, 0.717) is 11.3 Å². The number of nitrogens with zero attached hydrogens (tertiary/aromatic N) is 3. The zero-order chi connectivity index (χ0) is 23.4. The van der Waals surface area contributed by atoms with E-state index in [1.807, 2.05) is 6.07 Å². The molecule has 32 heavy (non-hydrogen) atoms. The second-order valence-electron chi connectivity index (χ2n) is 7.59. The van der Waals surface area contributed by atoms with Gasteiger partial charge in [-0.25, -0.2) is 0 Å². The molecule has 2 aromatic rings. The number of esters is 1. The Morgan fingerprint density at radius 2 is 1.72 bits per heavy atom. The molecule has 0 bridgehead atoms. The Morgan fingerprint density at radius 3 is 2.25 bits per heavy atom. The van der Waals surface area contributed by atoms with Gasteiger partial charge in [0.1, 0.15) is 12.6 Å². The number of rotatable bonds is 6. The molecule has 1 aliphatic rings. The lowest BCUT2D eigenvalue weighted by molar-refractivity contribution is -0.384. The van der Waals surface area contributed by atoms with Gasteiger partial charge in [0, 0.05) is 23.9 Å². The Bertz CT molecular complexity index is 1060. The van der Waals surface area contributed by atoms with Gasteiger partial charge in [-0.3, -0.25) is 29.4 Å². The molecule has 1 aliphatic heterocycles. The first-order valence-electron chi connectivity index (χ1n) is 9.97. The lowest BCUT2D eigenvalue weighted by Crippen LogP contribution is -2.55. The van der Waals surface area contributed by atoms with E-state index in [9.17, 15) is 24.5 Å². The molecule has 0 aliphatic carbocycles. The number of nitro benzene ring substituents is 1. The van der Waals surface area contributed by atoms with E-state index in [-0.39, 0.29) is 23.7 Å². The van der Waals surface area contributed by atoms with E-state index >= 15 is 0 Å². The number of methoxy groups -OCH3 is 1. The van der Waals surface area contributed by atoms with Gasteiger partial charge in [-0.05, 0) is 23.6 Å². The minimum absolute atomic E-state index is 0.138. The molecule has 1 atom stereocenters. The van der Waals surface area contributed by atoms with Crippen molar-refractivity contribution in [1.29, 1.82) is 0 Å². The molecule has 0 N–H and O–H groups in total. The Hall–Kier alpha value is -4.01. The summed E-state index contributed by atoms with van der Waals surface area (Å²) in [5, 5.41) is 10.9. The van der Waals surface area contributed by atoms with Crippen molar-refractivity contribution in [3.8, 4) is 0 Å². The Morgan fingerprint density at radius 1 is 1.09 bits per heavy atom. The van der Waals surface area contributed by atoms with Crippen LogP contribution in [0.25, 0.3) is 5.70 Å². The summed E-state index contributed by atoms with van der Waals surface area (Å²) in [6.07, 6.45) is 1.55. The SMILES string of the molecule is COC(=O)CN1C(=O)C(C(C)C)N(C(=O)c2ccc([N+](=O)[O-])cc2)C=C1c1ccccc1. The molecule has 0 saturated carbocycles. The van der Waals surface area contributed by atoms with E-state index in [1.54, 1.807) is 44.3 Å². The molecular formula is C23H23N3O6. The lowest BCUT2D eigenvalue weighted by atomic mass is 9.96. The number of nitro groups is 1. The van der Waals surface area contributed by atoms with Crippen molar-refractivity contribution >= 4 is 29.2 Å². The van der Waals surface area contributed by atoms with Crippen molar-refractivity contribution in [2.24, 2.45) is 5.92 Å². The average molecular weight is 437 g/mol. The fourth-order valence-corrected chi connectivity index (χ4v) is 3.54. The molecule has 0 saturated heterocycles. The van der Waals surface area contributed by atoms with Gasteiger partial charge < -0.3 is 9.64 Å². The van der Waals surface area contributed by atoms with Crippen LogP contribution in [0, 0.1) is 16.0 Å². The molecule has 9 heteroatoms. The predicted molar refractivity (Wildman–Crippen MR) is 116 cm³/mol. The highest BCUT2D eigenvalue weighted by Gasteiger charge is 2.41. The van der Waals surface area contributed by atoms with Crippen molar-refractivity contribution in [1.82, 2.24) is 9.80 Å². The molecule has 3 rings (SSSR count). The van der Waals surface area contributed by atoms with Gasteiger partial charge in [0.2, 0.25) is 0 Å². The normalized spacial score (nSPS) is 16.1. The standard InChI is InChI=1S/C23H23N3O6/c1-15(2)21-23(29)24(14-20(27)32-3)19(16-7-5-4-6-8-16)13-25(21)22(28)17-9-11-18(12-10-17)26(30)31/h4-13,15,21H,14H2,1-3H3. The number of benzene rings is 2. The van der Waals surface area contributed by atoms with E-state index in [0.717, 1.165) is 0 Å². The molecule has 0 fully saturated rings. The van der Waals surface area contributed by atoms with Gasteiger partial charge in [0.15, 0.2) is 0 Å². The van der Waals surface area contributed by atoms with Crippen LogP contribution in [-0.2, 0) is 14.3 Å². The molecule has 1 heterocycles. The topological polar surface area (TPSA) is 110 Å². The summed E-state index contributed by atoms with van der Waals surface area (Å²) in [5.74, 6) is -1.74. The Labute approximate surface area is 185 Å². The van der Waals surface area contributed by atoms with Crippen molar-refractivity contribution < 1.29 is 24.0 Å². The average Bonchev–Trinajstić information content (AvgIpc) is 2.79. The van der Waals surface area contributed by atoms with Gasteiger partial charge in [-0.2, -0.15) is 0 Å². The molecule has 2 aromatic carbocycles. The fraction of sp³-hybridized carbons (Fsp3) is 0.261. The summed E-state index contributed by atoms with van der Waals surface area (Å²) < 4.78 is 4.76. The Kier molecular flexibility index (Phi) is 6.67. The van der Waals surface area contributed by atoms with Gasteiger partial charge >= 0.3 is 5.97 Å². The second-order valence-corrected chi connectivity index (χ2v) is 7.59. The summed E-state index contributed by atoms with van der Waals surface area (Å²) in [5.41, 5.74) is 1.10. The first-order valence-corrected chi connectivity index (χ1v) is 9.97. The van der Waals surface area contributed by atoms with Crippen LogP contribution in [0.2, 0.25) is 0 Å². The van der Waals surface area contributed by atoms with Crippen LogP contribution >= 0.6 is 0 Å². The van der Waals surface area contributed by atoms with Crippen molar-refractivity contribution in [3.05, 3.63) is 82.0 Å². The highest BCUT2D eigenvalue weighted by Crippen LogP contribution is 2.31. The van der Waals surface area contributed by atoms with Crippen molar-refractivity contribution in [2.45, 2.75) is 19.9 Å². The molecule has 0 spiro atoms. The number of ether oxygens (including phenoxy) is 1. The first kappa shape index (κ1) is 22.7. The van der Waals surface area contributed by atoms with Crippen LogP contribution in [0.4, 0.5) is 5.69 Å². The third kappa shape index (κ3) is 4.51. The summed E-state index contributed by atoms with van der Waals surface area (Å²) in [6.45, 7) is 3.31. The zero-order valence-corrected chi connectivity index (χ0v) is 17.9. The number of carbonyl (C=O) groups is 3. The number of non-ortho nitro benzene ring substituents is 1. The number of hydrogen-bond acceptors (Lipinski definition) is 6. The summed E-state index contributed by atoms with van der Waals surface area (Å²) in [6, 6.07) is 13.3. The van der Waals surface area contributed by atoms with Crippen LogP contribution in [0.5, 0.6) is 0 Å². The molecule has 2 amide bonds. The molecule has 166 valence electrons. The summed E-state index contributed by atoms with van der Waals surface area (Å²) in [4.78, 5) is 51.9. The van der Waals surface area contributed by atoms with Gasteiger partial charge in [0.25, 0.3) is 17.5 Å². The smallest absolute Gasteiger partial charge is 0.325 e. The quantitative estimate of drug-likeness (QED) is 0.390. The van der Waals surface area contributed by atoms with Gasteiger partial charge in [-0.1, -0.05) is 44.2 Å². The minimum Gasteiger partial charge on any atom is -0.468 e. The zero-order valence-electron chi connectivity index (χ0n) is 17.9. The first-order chi connectivity index (χ1) is 15.2. The van der Waals surface area contributed by atoms with Crippen LogP contribution in [0.3, 0.4) is 0 Å². The molecule has 9 nitrogen and oxygen atoms in total. The second kappa shape index (κ2) is 9.42. The number of carbonyl (C=O) groups excluding carboxylic acids is 3. The third-order valence-electron chi connectivity index (χ3n) is 5.15. The van der Waals surface area contributed by atoms with Crippen LogP contribution in [-0.4, -0.2) is 52.2 Å². The monoisotopic (exact) mass is 437 g/mol. The third-order valence-corrected chi connectivity index (χ3v) is 5.15. The maximum Gasteiger partial charge on any atom is 0.325 e. The van der Waals surface area contributed by atoms with Crippen molar-refractivity contribution in [3.63, 3.8) is 0 Å². The molecule has 1 unspecified atom stereocenters. The van der Waals surface area contributed by atoms with Crippen LogP contribution in [0.15, 0.2) is 60.8 Å².